The third-order valence-electron chi connectivity index (χ3n) is 3.25. The molecule has 6 heteroatoms. The average molecular weight is 291 g/mol. The molecule has 0 aliphatic rings. The molecule has 0 aliphatic carbocycles. The lowest BCUT2D eigenvalue weighted by molar-refractivity contribution is -0.137. The Bertz CT molecular complexity index is 745. The maximum Gasteiger partial charge on any atom is 0.416 e. The van der Waals surface area contributed by atoms with Gasteiger partial charge in [-0.3, -0.25) is 5.10 Å². The zero-order valence-electron chi connectivity index (χ0n) is 10.9. The molecule has 21 heavy (non-hydrogen) atoms. The molecule has 0 unspecified atom stereocenters. The summed E-state index contributed by atoms with van der Waals surface area (Å²) in [6, 6.07) is 10.8. The summed E-state index contributed by atoms with van der Waals surface area (Å²) in [6.45, 7) is 0.447. The zero-order valence-corrected chi connectivity index (χ0v) is 10.9. The monoisotopic (exact) mass is 291 g/mol. The highest BCUT2D eigenvalue weighted by Crippen LogP contribution is 2.29. The van der Waals surface area contributed by atoms with Crippen LogP contribution in [0.3, 0.4) is 0 Å². The number of aromatic nitrogens is 2. The van der Waals surface area contributed by atoms with Crippen LogP contribution >= 0.6 is 0 Å². The number of alkyl halides is 3. The molecule has 0 aliphatic heterocycles. The summed E-state index contributed by atoms with van der Waals surface area (Å²) in [6.07, 6.45) is -2.58. The minimum atomic E-state index is -4.30. The van der Waals surface area contributed by atoms with E-state index in [4.69, 9.17) is 0 Å². The van der Waals surface area contributed by atoms with E-state index in [-0.39, 0.29) is 0 Å². The minimum Gasteiger partial charge on any atom is -0.380 e. The van der Waals surface area contributed by atoms with E-state index in [1.807, 2.05) is 18.2 Å². The third-order valence-corrected chi connectivity index (χ3v) is 3.25. The van der Waals surface area contributed by atoms with E-state index in [9.17, 15) is 13.2 Å². The van der Waals surface area contributed by atoms with Crippen LogP contribution in [0.2, 0.25) is 0 Å². The van der Waals surface area contributed by atoms with Crippen molar-refractivity contribution in [1.29, 1.82) is 0 Å². The lowest BCUT2D eigenvalue weighted by Gasteiger charge is -2.10. The Balaban J connectivity index is 1.74. The van der Waals surface area contributed by atoms with Crippen molar-refractivity contribution in [2.75, 3.05) is 5.32 Å². The van der Waals surface area contributed by atoms with Crippen molar-refractivity contribution in [2.24, 2.45) is 0 Å². The van der Waals surface area contributed by atoms with Gasteiger partial charge in [-0.2, -0.15) is 18.3 Å². The molecule has 0 saturated carbocycles. The zero-order chi connectivity index (χ0) is 14.9. The Labute approximate surface area is 118 Å². The van der Waals surface area contributed by atoms with E-state index in [0.717, 1.165) is 34.3 Å². The second kappa shape index (κ2) is 5.12. The van der Waals surface area contributed by atoms with Crippen molar-refractivity contribution in [3.8, 4) is 0 Å². The SMILES string of the molecule is FC(F)(F)c1ccc(CNc2cccc3[nH]ncc23)cc1. The van der Waals surface area contributed by atoms with E-state index in [0.29, 0.717) is 6.54 Å². The summed E-state index contributed by atoms with van der Waals surface area (Å²) in [7, 11) is 0. The van der Waals surface area contributed by atoms with Crippen LogP contribution in [-0.2, 0) is 12.7 Å². The molecule has 0 spiro atoms. The highest BCUT2D eigenvalue weighted by molar-refractivity contribution is 5.90. The highest BCUT2D eigenvalue weighted by atomic mass is 19.4. The number of aromatic amines is 1. The predicted molar refractivity (Wildman–Crippen MR) is 74.9 cm³/mol. The van der Waals surface area contributed by atoms with Gasteiger partial charge >= 0.3 is 6.18 Å². The smallest absolute Gasteiger partial charge is 0.380 e. The molecule has 2 aromatic carbocycles. The molecule has 3 rings (SSSR count). The number of benzene rings is 2. The van der Waals surface area contributed by atoms with E-state index in [1.165, 1.54) is 12.1 Å². The minimum absolute atomic E-state index is 0.447. The molecular formula is C15H12F3N3. The van der Waals surface area contributed by atoms with Crippen molar-refractivity contribution in [1.82, 2.24) is 10.2 Å². The topological polar surface area (TPSA) is 40.7 Å². The lowest BCUT2D eigenvalue weighted by atomic mass is 10.1. The van der Waals surface area contributed by atoms with Crippen LogP contribution in [0.1, 0.15) is 11.1 Å². The number of nitrogens with one attached hydrogen (secondary N) is 2. The van der Waals surface area contributed by atoms with Gasteiger partial charge in [0, 0.05) is 17.6 Å². The first-order chi connectivity index (χ1) is 10.0. The summed E-state index contributed by atoms with van der Waals surface area (Å²) in [5.41, 5.74) is 1.94. The van der Waals surface area contributed by atoms with Crippen molar-refractivity contribution in [3.63, 3.8) is 0 Å². The fourth-order valence-electron chi connectivity index (χ4n) is 2.13. The Kier molecular flexibility index (Phi) is 3.29. The van der Waals surface area contributed by atoms with Crippen LogP contribution in [0.25, 0.3) is 10.9 Å². The molecule has 1 heterocycles. The van der Waals surface area contributed by atoms with Gasteiger partial charge < -0.3 is 5.32 Å². The van der Waals surface area contributed by atoms with Gasteiger partial charge in [0.25, 0.3) is 0 Å². The summed E-state index contributed by atoms with van der Waals surface area (Å²) >= 11 is 0. The first-order valence-corrected chi connectivity index (χ1v) is 6.36. The van der Waals surface area contributed by atoms with Crippen molar-refractivity contribution >= 4 is 16.6 Å². The molecule has 3 aromatic rings. The molecule has 108 valence electrons. The molecule has 3 nitrogen and oxygen atoms in total. The predicted octanol–water partition coefficient (Wildman–Crippen LogP) is 4.19. The van der Waals surface area contributed by atoms with Crippen LogP contribution < -0.4 is 5.32 Å². The number of fused-ring (bicyclic) bond motifs is 1. The summed E-state index contributed by atoms with van der Waals surface area (Å²) < 4.78 is 37.5. The maximum atomic E-state index is 12.5. The van der Waals surface area contributed by atoms with E-state index >= 15 is 0 Å². The van der Waals surface area contributed by atoms with Gasteiger partial charge in [0.05, 0.1) is 17.3 Å². The van der Waals surface area contributed by atoms with Crippen molar-refractivity contribution in [2.45, 2.75) is 12.7 Å². The Morgan fingerprint density at radius 2 is 1.81 bits per heavy atom. The number of hydrogen-bond acceptors (Lipinski definition) is 2. The Morgan fingerprint density at radius 3 is 2.52 bits per heavy atom. The summed E-state index contributed by atoms with van der Waals surface area (Å²) in [4.78, 5) is 0. The van der Waals surface area contributed by atoms with Crippen LogP contribution in [0, 0.1) is 0 Å². The number of hydrogen-bond donors (Lipinski definition) is 2. The van der Waals surface area contributed by atoms with Crippen molar-refractivity contribution < 1.29 is 13.2 Å². The van der Waals surface area contributed by atoms with Gasteiger partial charge in [-0.05, 0) is 29.8 Å². The summed E-state index contributed by atoms with van der Waals surface area (Å²) in [5, 5.41) is 11.0. The molecule has 1 aromatic heterocycles. The highest BCUT2D eigenvalue weighted by Gasteiger charge is 2.29. The van der Waals surface area contributed by atoms with Crippen LogP contribution in [-0.4, -0.2) is 10.2 Å². The van der Waals surface area contributed by atoms with Crippen molar-refractivity contribution in [3.05, 3.63) is 59.8 Å². The van der Waals surface area contributed by atoms with Gasteiger partial charge in [-0.25, -0.2) is 0 Å². The van der Waals surface area contributed by atoms with E-state index in [1.54, 1.807) is 6.20 Å². The number of anilines is 1. The first kappa shape index (κ1) is 13.5. The van der Waals surface area contributed by atoms with Gasteiger partial charge in [0.1, 0.15) is 0 Å². The fourth-order valence-corrected chi connectivity index (χ4v) is 2.13. The number of nitrogens with zero attached hydrogens (tertiary/aromatic N) is 1. The average Bonchev–Trinajstić information content (AvgIpc) is 2.93. The van der Waals surface area contributed by atoms with Gasteiger partial charge in [-0.1, -0.05) is 18.2 Å². The largest absolute Gasteiger partial charge is 0.416 e. The number of H-pyrrole nitrogens is 1. The van der Waals surface area contributed by atoms with E-state index < -0.39 is 11.7 Å². The second-order valence-corrected chi connectivity index (χ2v) is 4.69. The molecule has 0 bridgehead atoms. The maximum absolute atomic E-state index is 12.5. The van der Waals surface area contributed by atoms with Crippen LogP contribution in [0.5, 0.6) is 0 Å². The van der Waals surface area contributed by atoms with Crippen LogP contribution in [0.15, 0.2) is 48.7 Å². The molecule has 2 N–H and O–H groups in total. The van der Waals surface area contributed by atoms with Gasteiger partial charge in [-0.15, -0.1) is 0 Å². The molecule has 0 saturated heterocycles. The standard InChI is InChI=1S/C15H12F3N3/c16-15(17,18)11-6-4-10(5-7-11)8-19-13-2-1-3-14-12(13)9-20-21-14/h1-7,9,19H,8H2,(H,20,21). The molecule has 0 fully saturated rings. The van der Waals surface area contributed by atoms with Crippen LogP contribution in [0.4, 0.5) is 18.9 Å². The van der Waals surface area contributed by atoms with Gasteiger partial charge in [0.2, 0.25) is 0 Å². The lowest BCUT2D eigenvalue weighted by Crippen LogP contribution is -2.05. The Morgan fingerprint density at radius 1 is 1.05 bits per heavy atom. The van der Waals surface area contributed by atoms with E-state index in [2.05, 4.69) is 15.5 Å². The molecule has 0 atom stereocenters. The van der Waals surface area contributed by atoms with Gasteiger partial charge in [0.15, 0.2) is 0 Å². The molecular weight excluding hydrogens is 279 g/mol. The molecule has 0 amide bonds. The number of rotatable bonds is 3. The quantitative estimate of drug-likeness (QED) is 0.759. The normalized spacial score (nSPS) is 11.8. The summed E-state index contributed by atoms with van der Waals surface area (Å²) in [5.74, 6) is 0. The first-order valence-electron chi connectivity index (χ1n) is 6.36. The fraction of sp³-hybridized carbons (Fsp3) is 0.133. The second-order valence-electron chi connectivity index (χ2n) is 4.69. The Hall–Kier alpha value is -2.50. The molecule has 0 radical (unpaired) electrons. The third kappa shape index (κ3) is 2.84. The number of halogens is 3.